The molecule has 0 amide bonds. The van der Waals surface area contributed by atoms with Crippen molar-refractivity contribution in [1.82, 2.24) is 4.90 Å². The van der Waals surface area contributed by atoms with Crippen LogP contribution in [0.1, 0.15) is 44.9 Å². The first kappa shape index (κ1) is 12.3. The number of likely N-dealkylation sites (N-methyl/N-ethyl adjacent to an activating group) is 1. The third kappa shape index (κ3) is 3.19. The predicted octanol–water partition coefficient (Wildman–Crippen LogP) is 1.79. The Kier molecular flexibility index (Phi) is 4.62. The molecule has 2 rings (SSSR count). The van der Waals surface area contributed by atoms with Crippen LogP contribution in [0.2, 0.25) is 0 Å². The first-order valence-corrected chi connectivity index (χ1v) is 6.76. The van der Waals surface area contributed by atoms with E-state index >= 15 is 0 Å². The quantitative estimate of drug-likeness (QED) is 0.795. The zero-order valence-electron chi connectivity index (χ0n) is 10.4. The summed E-state index contributed by atoms with van der Waals surface area (Å²) in [5.74, 6) is 0. The van der Waals surface area contributed by atoms with E-state index in [-0.39, 0.29) is 12.7 Å². The number of hydrogen-bond acceptors (Lipinski definition) is 3. The van der Waals surface area contributed by atoms with Crippen molar-refractivity contribution < 1.29 is 9.84 Å². The molecular weight excluding hydrogens is 202 g/mol. The second-order valence-corrected chi connectivity index (χ2v) is 5.37. The molecule has 2 fully saturated rings. The monoisotopic (exact) mass is 227 g/mol. The minimum atomic E-state index is 0.102. The summed E-state index contributed by atoms with van der Waals surface area (Å²) in [5.41, 5.74) is 0. The summed E-state index contributed by atoms with van der Waals surface area (Å²) >= 11 is 0. The van der Waals surface area contributed by atoms with Crippen LogP contribution in [0.25, 0.3) is 0 Å². The highest BCUT2D eigenvalue weighted by molar-refractivity contribution is 4.79. The molecule has 0 spiro atoms. The van der Waals surface area contributed by atoms with Gasteiger partial charge in [0.15, 0.2) is 0 Å². The molecule has 0 bridgehead atoms. The van der Waals surface area contributed by atoms with E-state index in [1.54, 1.807) is 0 Å². The van der Waals surface area contributed by atoms with Crippen LogP contribution in [0.5, 0.6) is 0 Å². The lowest BCUT2D eigenvalue weighted by molar-refractivity contribution is -0.00723. The average Bonchev–Trinajstić information content (AvgIpc) is 2.78. The molecule has 1 aliphatic carbocycles. The van der Waals surface area contributed by atoms with Gasteiger partial charge < -0.3 is 14.7 Å². The SMILES string of the molecule is CN(C[C@@H]1CC[C@H](CO)O1)C1CCCCC1. The minimum absolute atomic E-state index is 0.102. The Morgan fingerprint density at radius 2 is 1.75 bits per heavy atom. The van der Waals surface area contributed by atoms with Crippen molar-refractivity contribution in [1.29, 1.82) is 0 Å². The highest BCUT2D eigenvalue weighted by Crippen LogP contribution is 2.24. The lowest BCUT2D eigenvalue weighted by Crippen LogP contribution is -2.38. The van der Waals surface area contributed by atoms with Gasteiger partial charge in [-0.2, -0.15) is 0 Å². The van der Waals surface area contributed by atoms with E-state index in [1.807, 2.05) is 0 Å². The molecule has 1 saturated heterocycles. The van der Waals surface area contributed by atoms with E-state index in [2.05, 4.69) is 11.9 Å². The first-order chi connectivity index (χ1) is 7.79. The Balaban J connectivity index is 1.72. The summed E-state index contributed by atoms with van der Waals surface area (Å²) in [4.78, 5) is 2.48. The molecule has 94 valence electrons. The Morgan fingerprint density at radius 3 is 2.38 bits per heavy atom. The number of aliphatic hydroxyl groups excluding tert-OH is 1. The van der Waals surface area contributed by atoms with Gasteiger partial charge in [0, 0.05) is 12.6 Å². The van der Waals surface area contributed by atoms with Gasteiger partial charge in [0.2, 0.25) is 0 Å². The molecule has 0 unspecified atom stereocenters. The van der Waals surface area contributed by atoms with Gasteiger partial charge in [-0.05, 0) is 32.7 Å². The molecule has 0 radical (unpaired) electrons. The summed E-state index contributed by atoms with van der Waals surface area (Å²) in [5, 5.41) is 9.03. The normalized spacial score (nSPS) is 32.4. The standard InChI is InChI=1S/C13H25NO2/c1-14(11-5-3-2-4-6-11)9-12-7-8-13(10-15)16-12/h11-13,15H,2-10H2,1H3/t12-,13+/m0/s1. The lowest BCUT2D eigenvalue weighted by Gasteiger charge is -2.32. The van der Waals surface area contributed by atoms with Crippen LogP contribution >= 0.6 is 0 Å². The molecule has 1 aliphatic heterocycles. The molecule has 16 heavy (non-hydrogen) atoms. The number of nitrogens with zero attached hydrogens (tertiary/aromatic N) is 1. The van der Waals surface area contributed by atoms with Crippen LogP contribution in [0.3, 0.4) is 0 Å². The minimum Gasteiger partial charge on any atom is -0.394 e. The molecule has 1 N–H and O–H groups in total. The molecule has 2 atom stereocenters. The molecule has 0 aromatic rings. The van der Waals surface area contributed by atoms with E-state index in [0.717, 1.165) is 25.4 Å². The molecular formula is C13H25NO2. The third-order valence-electron chi connectivity index (χ3n) is 4.09. The van der Waals surface area contributed by atoms with E-state index in [0.29, 0.717) is 6.10 Å². The molecule has 1 saturated carbocycles. The fraction of sp³-hybridized carbons (Fsp3) is 1.00. The van der Waals surface area contributed by atoms with E-state index in [9.17, 15) is 0 Å². The summed E-state index contributed by atoms with van der Waals surface area (Å²) < 4.78 is 5.78. The van der Waals surface area contributed by atoms with Crippen molar-refractivity contribution in [3.05, 3.63) is 0 Å². The van der Waals surface area contributed by atoms with Crippen LogP contribution in [-0.2, 0) is 4.74 Å². The topological polar surface area (TPSA) is 32.7 Å². The smallest absolute Gasteiger partial charge is 0.0811 e. The molecule has 1 heterocycles. The Labute approximate surface area is 98.8 Å². The van der Waals surface area contributed by atoms with Gasteiger partial charge in [0.05, 0.1) is 18.8 Å². The van der Waals surface area contributed by atoms with Crippen molar-refractivity contribution in [2.75, 3.05) is 20.2 Å². The predicted molar refractivity (Wildman–Crippen MR) is 64.5 cm³/mol. The molecule has 2 aliphatic rings. The van der Waals surface area contributed by atoms with Gasteiger partial charge in [-0.15, -0.1) is 0 Å². The molecule has 3 heteroatoms. The van der Waals surface area contributed by atoms with Gasteiger partial charge in [0.1, 0.15) is 0 Å². The van der Waals surface area contributed by atoms with Crippen molar-refractivity contribution in [2.24, 2.45) is 0 Å². The van der Waals surface area contributed by atoms with Crippen molar-refractivity contribution >= 4 is 0 Å². The van der Waals surface area contributed by atoms with Gasteiger partial charge in [-0.1, -0.05) is 19.3 Å². The molecule has 0 aromatic carbocycles. The van der Waals surface area contributed by atoms with Gasteiger partial charge in [-0.25, -0.2) is 0 Å². The fourth-order valence-electron chi connectivity index (χ4n) is 3.04. The summed E-state index contributed by atoms with van der Waals surface area (Å²) in [7, 11) is 2.23. The van der Waals surface area contributed by atoms with Crippen LogP contribution in [-0.4, -0.2) is 48.5 Å². The highest BCUT2D eigenvalue weighted by Gasteiger charge is 2.27. The van der Waals surface area contributed by atoms with Crippen molar-refractivity contribution in [3.8, 4) is 0 Å². The second-order valence-electron chi connectivity index (χ2n) is 5.37. The number of ether oxygens (including phenoxy) is 1. The maximum absolute atomic E-state index is 9.03. The number of rotatable bonds is 4. The maximum Gasteiger partial charge on any atom is 0.0811 e. The third-order valence-corrected chi connectivity index (χ3v) is 4.09. The Hall–Kier alpha value is -0.120. The zero-order chi connectivity index (χ0) is 11.4. The lowest BCUT2D eigenvalue weighted by atomic mass is 9.94. The Bertz CT molecular complexity index is 204. The van der Waals surface area contributed by atoms with Gasteiger partial charge in [0.25, 0.3) is 0 Å². The summed E-state index contributed by atoms with van der Waals surface area (Å²) in [6.45, 7) is 1.23. The van der Waals surface area contributed by atoms with Crippen molar-refractivity contribution in [2.45, 2.75) is 63.2 Å². The number of hydrogen-bond donors (Lipinski definition) is 1. The number of aliphatic hydroxyl groups is 1. The van der Waals surface area contributed by atoms with Crippen LogP contribution in [0, 0.1) is 0 Å². The van der Waals surface area contributed by atoms with Gasteiger partial charge in [-0.3, -0.25) is 0 Å². The summed E-state index contributed by atoms with van der Waals surface area (Å²) in [6.07, 6.45) is 9.49. The van der Waals surface area contributed by atoms with E-state index in [1.165, 1.54) is 32.1 Å². The van der Waals surface area contributed by atoms with Crippen LogP contribution in [0.15, 0.2) is 0 Å². The van der Waals surface area contributed by atoms with E-state index in [4.69, 9.17) is 9.84 Å². The molecule has 3 nitrogen and oxygen atoms in total. The van der Waals surface area contributed by atoms with Crippen LogP contribution < -0.4 is 0 Å². The van der Waals surface area contributed by atoms with Gasteiger partial charge >= 0.3 is 0 Å². The molecule has 0 aromatic heterocycles. The fourth-order valence-corrected chi connectivity index (χ4v) is 3.04. The average molecular weight is 227 g/mol. The van der Waals surface area contributed by atoms with Crippen LogP contribution in [0.4, 0.5) is 0 Å². The maximum atomic E-state index is 9.03. The van der Waals surface area contributed by atoms with Crippen molar-refractivity contribution in [3.63, 3.8) is 0 Å². The first-order valence-electron chi connectivity index (χ1n) is 6.76. The summed E-state index contributed by atoms with van der Waals surface area (Å²) in [6, 6.07) is 0.769. The highest BCUT2D eigenvalue weighted by atomic mass is 16.5. The second kappa shape index (κ2) is 5.99. The van der Waals surface area contributed by atoms with E-state index < -0.39 is 0 Å². The Morgan fingerprint density at radius 1 is 1.06 bits per heavy atom. The zero-order valence-corrected chi connectivity index (χ0v) is 10.4. The largest absolute Gasteiger partial charge is 0.394 e.